The molecule has 0 saturated heterocycles. The summed E-state index contributed by atoms with van der Waals surface area (Å²) in [6.07, 6.45) is 1.85. The summed E-state index contributed by atoms with van der Waals surface area (Å²) < 4.78 is 19.4. The second-order valence-corrected chi connectivity index (χ2v) is 4.81. The number of hydrazone groups is 1. The van der Waals surface area contributed by atoms with E-state index in [0.29, 0.717) is 18.2 Å². The first kappa shape index (κ1) is 12.0. The number of benzene rings is 2. The van der Waals surface area contributed by atoms with Gasteiger partial charge in [-0.15, -0.1) is 5.10 Å². The van der Waals surface area contributed by atoms with E-state index >= 15 is 0 Å². The number of halogens is 1. The predicted molar refractivity (Wildman–Crippen MR) is 79.3 cm³/mol. The molecule has 0 aliphatic carbocycles. The normalized spacial score (nSPS) is 13.9. The highest BCUT2D eigenvalue weighted by atomic mass is 19.1. The third-order valence-corrected chi connectivity index (χ3v) is 3.55. The standard InChI is InChI=1S/C16H12FN3O/c17-14-4-2-1-3-11(14)10-5-6-15-12(7-10)13(8-18-15)16-20-19-9-21-16/h1-8,18-19H,9H2. The average Bonchev–Trinajstić information content (AvgIpc) is 3.16. The van der Waals surface area contributed by atoms with Crippen LogP contribution in [0.1, 0.15) is 5.56 Å². The van der Waals surface area contributed by atoms with E-state index in [1.54, 1.807) is 12.1 Å². The maximum atomic E-state index is 13.9. The Balaban J connectivity index is 1.89. The monoisotopic (exact) mass is 281 g/mol. The number of nitrogens with one attached hydrogen (secondary N) is 2. The van der Waals surface area contributed by atoms with Gasteiger partial charge in [-0.25, -0.2) is 4.39 Å². The summed E-state index contributed by atoms with van der Waals surface area (Å²) in [5, 5.41) is 5.06. The fourth-order valence-electron chi connectivity index (χ4n) is 2.54. The molecule has 21 heavy (non-hydrogen) atoms. The van der Waals surface area contributed by atoms with E-state index in [1.807, 2.05) is 30.5 Å². The molecule has 0 saturated carbocycles. The molecule has 0 atom stereocenters. The average molecular weight is 281 g/mol. The molecule has 104 valence electrons. The molecule has 0 unspecified atom stereocenters. The van der Waals surface area contributed by atoms with Crippen LogP contribution in [0.5, 0.6) is 0 Å². The summed E-state index contributed by atoms with van der Waals surface area (Å²) >= 11 is 0. The zero-order valence-corrected chi connectivity index (χ0v) is 11.1. The fraction of sp³-hybridized carbons (Fsp3) is 0.0625. The van der Waals surface area contributed by atoms with Gasteiger partial charge in [-0.2, -0.15) is 0 Å². The predicted octanol–water partition coefficient (Wildman–Crippen LogP) is 3.21. The zero-order chi connectivity index (χ0) is 14.2. The molecule has 0 spiro atoms. The van der Waals surface area contributed by atoms with Gasteiger partial charge in [0.05, 0.1) is 5.56 Å². The van der Waals surface area contributed by atoms with Crippen LogP contribution in [0.3, 0.4) is 0 Å². The lowest BCUT2D eigenvalue weighted by molar-refractivity contribution is 0.317. The quantitative estimate of drug-likeness (QED) is 0.757. The van der Waals surface area contributed by atoms with Gasteiger partial charge in [0.2, 0.25) is 5.90 Å². The highest BCUT2D eigenvalue weighted by Gasteiger charge is 2.16. The zero-order valence-electron chi connectivity index (χ0n) is 11.1. The minimum absolute atomic E-state index is 0.231. The third kappa shape index (κ3) is 1.94. The Morgan fingerprint density at radius 3 is 2.81 bits per heavy atom. The van der Waals surface area contributed by atoms with Crippen molar-refractivity contribution in [2.24, 2.45) is 5.10 Å². The number of hydrogen-bond donors (Lipinski definition) is 2. The molecule has 0 fully saturated rings. The second-order valence-electron chi connectivity index (χ2n) is 4.81. The summed E-state index contributed by atoms with van der Waals surface area (Å²) in [6, 6.07) is 12.5. The van der Waals surface area contributed by atoms with Crippen molar-refractivity contribution in [1.82, 2.24) is 10.4 Å². The number of aromatic nitrogens is 1. The van der Waals surface area contributed by atoms with Crippen molar-refractivity contribution in [3.8, 4) is 11.1 Å². The van der Waals surface area contributed by atoms with E-state index in [4.69, 9.17) is 4.74 Å². The van der Waals surface area contributed by atoms with Crippen molar-refractivity contribution in [1.29, 1.82) is 0 Å². The van der Waals surface area contributed by atoms with Crippen molar-refractivity contribution < 1.29 is 9.13 Å². The van der Waals surface area contributed by atoms with Crippen LogP contribution in [-0.2, 0) is 4.74 Å². The van der Waals surface area contributed by atoms with Crippen molar-refractivity contribution in [3.05, 3.63) is 60.0 Å². The Hall–Kier alpha value is -2.82. The molecule has 1 aromatic heterocycles. The molecule has 4 rings (SSSR count). The van der Waals surface area contributed by atoms with Gasteiger partial charge in [0, 0.05) is 22.7 Å². The first-order valence-electron chi connectivity index (χ1n) is 6.63. The first-order valence-corrected chi connectivity index (χ1v) is 6.63. The van der Waals surface area contributed by atoms with Crippen LogP contribution in [0.2, 0.25) is 0 Å². The Kier molecular flexibility index (Phi) is 2.64. The smallest absolute Gasteiger partial charge is 0.241 e. The van der Waals surface area contributed by atoms with Gasteiger partial charge in [0.1, 0.15) is 5.82 Å². The molecule has 1 aliphatic heterocycles. The van der Waals surface area contributed by atoms with Crippen LogP contribution in [-0.4, -0.2) is 17.6 Å². The number of fused-ring (bicyclic) bond motifs is 1. The summed E-state index contributed by atoms with van der Waals surface area (Å²) in [5.74, 6) is 0.317. The minimum Gasteiger partial charge on any atom is -0.453 e. The minimum atomic E-state index is -0.231. The number of hydrogen-bond acceptors (Lipinski definition) is 3. The lowest BCUT2D eigenvalue weighted by Crippen LogP contribution is -2.01. The van der Waals surface area contributed by atoms with Crippen LogP contribution >= 0.6 is 0 Å². The van der Waals surface area contributed by atoms with Gasteiger partial charge >= 0.3 is 0 Å². The molecule has 0 bridgehead atoms. The largest absolute Gasteiger partial charge is 0.453 e. The SMILES string of the molecule is Fc1ccccc1-c1ccc2[nH]cc(C3=NNCO3)c2c1. The van der Waals surface area contributed by atoms with Crippen LogP contribution in [0.25, 0.3) is 22.0 Å². The summed E-state index contributed by atoms with van der Waals surface area (Å²) in [6.45, 7) is 0.370. The number of rotatable bonds is 2. The maximum Gasteiger partial charge on any atom is 0.241 e. The molecule has 0 amide bonds. The van der Waals surface area contributed by atoms with E-state index in [0.717, 1.165) is 22.0 Å². The van der Waals surface area contributed by atoms with Gasteiger partial charge in [0.15, 0.2) is 6.73 Å². The van der Waals surface area contributed by atoms with Crippen molar-refractivity contribution in [3.63, 3.8) is 0 Å². The molecular weight excluding hydrogens is 269 g/mol. The topological polar surface area (TPSA) is 49.4 Å². The van der Waals surface area contributed by atoms with Crippen LogP contribution in [0.15, 0.2) is 53.8 Å². The fourth-order valence-corrected chi connectivity index (χ4v) is 2.54. The summed E-state index contributed by atoms with van der Waals surface area (Å²) in [4.78, 5) is 3.18. The van der Waals surface area contributed by atoms with E-state index < -0.39 is 0 Å². The van der Waals surface area contributed by atoms with Gasteiger partial charge in [-0.05, 0) is 23.8 Å². The lowest BCUT2D eigenvalue weighted by Gasteiger charge is -2.04. The van der Waals surface area contributed by atoms with Gasteiger partial charge in [0.25, 0.3) is 0 Å². The van der Waals surface area contributed by atoms with E-state index in [9.17, 15) is 4.39 Å². The highest BCUT2D eigenvalue weighted by molar-refractivity contribution is 6.07. The molecule has 4 nitrogen and oxygen atoms in total. The first-order chi connectivity index (χ1) is 10.3. The molecule has 2 N–H and O–H groups in total. The molecule has 2 aromatic carbocycles. The lowest BCUT2D eigenvalue weighted by atomic mass is 10.0. The number of nitrogens with zero attached hydrogens (tertiary/aromatic N) is 1. The summed E-state index contributed by atoms with van der Waals surface area (Å²) in [5.41, 5.74) is 6.01. The number of ether oxygens (including phenoxy) is 1. The number of aromatic amines is 1. The van der Waals surface area contributed by atoms with Crippen molar-refractivity contribution in [2.45, 2.75) is 0 Å². The second kappa shape index (κ2) is 4.63. The Labute approximate surface area is 120 Å². The van der Waals surface area contributed by atoms with Crippen LogP contribution < -0.4 is 5.43 Å². The third-order valence-electron chi connectivity index (χ3n) is 3.55. The molecule has 3 aromatic rings. The number of H-pyrrole nitrogens is 1. The molecule has 2 heterocycles. The van der Waals surface area contributed by atoms with E-state index in [2.05, 4.69) is 15.5 Å². The van der Waals surface area contributed by atoms with E-state index in [1.165, 1.54) is 6.07 Å². The molecule has 0 radical (unpaired) electrons. The highest BCUT2D eigenvalue weighted by Crippen LogP contribution is 2.28. The van der Waals surface area contributed by atoms with Gasteiger partial charge < -0.3 is 9.72 Å². The Bertz CT molecular complexity index is 854. The summed E-state index contributed by atoms with van der Waals surface area (Å²) in [7, 11) is 0. The van der Waals surface area contributed by atoms with Gasteiger partial charge in [-0.1, -0.05) is 24.3 Å². The molecular formula is C16H12FN3O. The maximum absolute atomic E-state index is 13.9. The van der Waals surface area contributed by atoms with Crippen LogP contribution in [0.4, 0.5) is 4.39 Å². The molecule has 5 heteroatoms. The van der Waals surface area contributed by atoms with E-state index in [-0.39, 0.29) is 5.82 Å². The van der Waals surface area contributed by atoms with Gasteiger partial charge in [-0.3, -0.25) is 5.43 Å². The van der Waals surface area contributed by atoms with Crippen LogP contribution in [0, 0.1) is 5.82 Å². The Morgan fingerprint density at radius 1 is 1.10 bits per heavy atom. The molecule has 1 aliphatic rings. The van der Waals surface area contributed by atoms with Crippen molar-refractivity contribution >= 4 is 16.8 Å². The van der Waals surface area contributed by atoms with Crippen molar-refractivity contribution in [2.75, 3.05) is 6.73 Å². The Morgan fingerprint density at radius 2 is 2.00 bits per heavy atom.